The number of rotatable bonds is 7. The van der Waals surface area contributed by atoms with Crippen molar-refractivity contribution in [1.82, 2.24) is 5.32 Å². The Morgan fingerprint density at radius 1 is 1.14 bits per heavy atom. The Morgan fingerprint density at radius 2 is 1.86 bits per heavy atom. The molecule has 0 radical (unpaired) electrons. The molecule has 1 amide bonds. The maximum atomic E-state index is 13.9. The van der Waals surface area contributed by atoms with E-state index in [1.54, 1.807) is 19.1 Å². The van der Waals surface area contributed by atoms with Gasteiger partial charge >= 0.3 is 0 Å². The van der Waals surface area contributed by atoms with Crippen LogP contribution < -0.4 is 14.8 Å². The fourth-order valence-corrected chi connectivity index (χ4v) is 3.11. The van der Waals surface area contributed by atoms with Crippen LogP contribution in [0.3, 0.4) is 0 Å². The summed E-state index contributed by atoms with van der Waals surface area (Å²) in [5.74, 6) is 0.524. The quantitative estimate of drug-likeness (QED) is 0.610. The lowest BCUT2D eigenvalue weighted by molar-refractivity contribution is 0.0913. The van der Waals surface area contributed by atoms with E-state index >= 15 is 0 Å². The van der Waals surface area contributed by atoms with Crippen LogP contribution in [-0.4, -0.2) is 19.1 Å². The number of amides is 1. The number of halogens is 1. The molecule has 1 N–H and O–H groups in total. The Morgan fingerprint density at radius 3 is 2.54 bits per heavy atom. The smallest absolute Gasteiger partial charge is 0.287 e. The molecule has 5 nitrogen and oxygen atoms in total. The van der Waals surface area contributed by atoms with Gasteiger partial charge in [0.15, 0.2) is 28.7 Å². The molecule has 0 fully saturated rings. The fraction of sp³-hybridized carbons (Fsp3) is 0.318. The molecular weight excluding hydrogens is 361 g/mol. The summed E-state index contributed by atoms with van der Waals surface area (Å²) in [4.78, 5) is 12.7. The van der Waals surface area contributed by atoms with Crippen molar-refractivity contribution in [1.29, 1.82) is 0 Å². The van der Waals surface area contributed by atoms with E-state index in [9.17, 15) is 9.18 Å². The van der Waals surface area contributed by atoms with Crippen molar-refractivity contribution in [3.8, 4) is 11.5 Å². The molecule has 0 aliphatic rings. The van der Waals surface area contributed by atoms with Gasteiger partial charge in [0.25, 0.3) is 5.91 Å². The standard InChI is InChI=1S/C22H24FNO4/c1-5-26-18-11-10-15(12-19(18)27-6-2)14(4)24-22(25)20-13(3)16-8-7-9-17(23)21(16)28-20/h7-12,14H,5-6H2,1-4H3,(H,24,25). The Hall–Kier alpha value is -3.02. The third kappa shape index (κ3) is 3.81. The van der Waals surface area contributed by atoms with Crippen LogP contribution in [0.25, 0.3) is 11.0 Å². The molecule has 3 rings (SSSR count). The molecule has 28 heavy (non-hydrogen) atoms. The minimum atomic E-state index is -0.486. The number of carbonyl (C=O) groups is 1. The van der Waals surface area contributed by atoms with E-state index in [1.807, 2.05) is 39.0 Å². The molecule has 1 unspecified atom stereocenters. The average Bonchev–Trinajstić information content (AvgIpc) is 3.02. The summed E-state index contributed by atoms with van der Waals surface area (Å²) in [6.07, 6.45) is 0. The van der Waals surface area contributed by atoms with Gasteiger partial charge in [0.1, 0.15) is 0 Å². The summed E-state index contributed by atoms with van der Waals surface area (Å²) in [5, 5.41) is 3.50. The molecule has 2 aromatic carbocycles. The molecule has 148 valence electrons. The van der Waals surface area contributed by atoms with Crippen molar-refractivity contribution in [2.24, 2.45) is 0 Å². The lowest BCUT2D eigenvalue weighted by Crippen LogP contribution is -2.26. The van der Waals surface area contributed by atoms with Crippen molar-refractivity contribution < 1.29 is 23.1 Å². The van der Waals surface area contributed by atoms with E-state index in [4.69, 9.17) is 13.9 Å². The zero-order chi connectivity index (χ0) is 20.3. The molecule has 1 heterocycles. The Bertz CT molecular complexity index is 996. The molecular formula is C22H24FNO4. The van der Waals surface area contributed by atoms with Gasteiger partial charge in [-0.2, -0.15) is 0 Å². The van der Waals surface area contributed by atoms with E-state index in [-0.39, 0.29) is 17.4 Å². The van der Waals surface area contributed by atoms with Gasteiger partial charge in [0, 0.05) is 10.9 Å². The van der Waals surface area contributed by atoms with Gasteiger partial charge in [-0.05, 0) is 51.5 Å². The normalized spacial score (nSPS) is 12.0. The van der Waals surface area contributed by atoms with Gasteiger partial charge in [-0.15, -0.1) is 0 Å². The van der Waals surface area contributed by atoms with Crippen LogP contribution in [0.5, 0.6) is 11.5 Å². The van der Waals surface area contributed by atoms with Crippen molar-refractivity contribution in [2.45, 2.75) is 33.7 Å². The van der Waals surface area contributed by atoms with Crippen molar-refractivity contribution in [3.63, 3.8) is 0 Å². The van der Waals surface area contributed by atoms with Gasteiger partial charge in [-0.25, -0.2) is 4.39 Å². The molecule has 1 atom stereocenters. The number of carbonyl (C=O) groups excluding carboxylic acids is 1. The predicted octanol–water partition coefficient (Wildman–Crippen LogP) is 5.17. The van der Waals surface area contributed by atoms with E-state index in [2.05, 4.69) is 5.32 Å². The topological polar surface area (TPSA) is 60.7 Å². The van der Waals surface area contributed by atoms with Gasteiger partial charge in [0.05, 0.1) is 19.3 Å². The highest BCUT2D eigenvalue weighted by Crippen LogP contribution is 2.31. The van der Waals surface area contributed by atoms with Crippen LogP contribution in [0.2, 0.25) is 0 Å². The molecule has 3 aromatic rings. The largest absolute Gasteiger partial charge is 0.490 e. The van der Waals surface area contributed by atoms with Crippen molar-refractivity contribution in [3.05, 3.63) is 59.1 Å². The first-order valence-electron chi connectivity index (χ1n) is 9.34. The summed E-state index contributed by atoms with van der Waals surface area (Å²) in [7, 11) is 0. The SMILES string of the molecule is CCOc1ccc(C(C)NC(=O)c2oc3c(F)cccc3c2C)cc1OCC. The second-order valence-electron chi connectivity index (χ2n) is 6.44. The first kappa shape index (κ1) is 19.7. The lowest BCUT2D eigenvalue weighted by Gasteiger charge is -2.17. The number of hydrogen-bond acceptors (Lipinski definition) is 4. The minimum absolute atomic E-state index is 0.0949. The first-order chi connectivity index (χ1) is 13.5. The summed E-state index contributed by atoms with van der Waals surface area (Å²) in [5.41, 5.74) is 1.57. The van der Waals surface area contributed by atoms with Crippen LogP contribution in [0, 0.1) is 12.7 Å². The lowest BCUT2D eigenvalue weighted by atomic mass is 10.1. The predicted molar refractivity (Wildman–Crippen MR) is 106 cm³/mol. The number of furan rings is 1. The van der Waals surface area contributed by atoms with E-state index in [0.717, 1.165) is 5.56 Å². The number of nitrogens with one attached hydrogen (secondary N) is 1. The molecule has 6 heteroatoms. The summed E-state index contributed by atoms with van der Waals surface area (Å²) >= 11 is 0. The second kappa shape index (κ2) is 8.33. The average molecular weight is 385 g/mol. The zero-order valence-corrected chi connectivity index (χ0v) is 16.5. The van der Waals surface area contributed by atoms with Crippen molar-refractivity contribution >= 4 is 16.9 Å². The molecule has 0 bridgehead atoms. The highest BCUT2D eigenvalue weighted by Gasteiger charge is 2.21. The Kier molecular flexibility index (Phi) is 5.87. The monoisotopic (exact) mass is 385 g/mol. The number of fused-ring (bicyclic) bond motifs is 1. The van der Waals surface area contributed by atoms with Crippen molar-refractivity contribution in [2.75, 3.05) is 13.2 Å². The maximum absolute atomic E-state index is 13.9. The molecule has 0 spiro atoms. The Labute approximate surface area is 163 Å². The maximum Gasteiger partial charge on any atom is 0.287 e. The highest BCUT2D eigenvalue weighted by atomic mass is 19.1. The van der Waals surface area contributed by atoms with E-state index in [1.165, 1.54) is 6.07 Å². The zero-order valence-electron chi connectivity index (χ0n) is 16.5. The fourth-order valence-electron chi connectivity index (χ4n) is 3.11. The Balaban J connectivity index is 1.84. The third-order valence-corrected chi connectivity index (χ3v) is 4.54. The van der Waals surface area contributed by atoms with Crippen LogP contribution in [0.1, 0.15) is 48.5 Å². The number of hydrogen-bond donors (Lipinski definition) is 1. The number of ether oxygens (including phenoxy) is 2. The molecule has 0 aliphatic heterocycles. The van der Waals surface area contributed by atoms with Crippen LogP contribution in [0.15, 0.2) is 40.8 Å². The van der Waals surface area contributed by atoms with Crippen LogP contribution in [0.4, 0.5) is 4.39 Å². The summed E-state index contributed by atoms with van der Waals surface area (Å²) in [6.45, 7) is 8.46. The van der Waals surface area contributed by atoms with Gasteiger partial charge in [-0.1, -0.05) is 18.2 Å². The molecule has 0 saturated heterocycles. The van der Waals surface area contributed by atoms with Gasteiger partial charge in [-0.3, -0.25) is 4.79 Å². The number of para-hydroxylation sites is 1. The molecule has 0 aliphatic carbocycles. The van der Waals surface area contributed by atoms with Crippen LogP contribution in [-0.2, 0) is 0 Å². The molecule has 1 aromatic heterocycles. The van der Waals surface area contributed by atoms with E-state index < -0.39 is 11.7 Å². The number of benzene rings is 2. The van der Waals surface area contributed by atoms with Gasteiger partial charge in [0.2, 0.25) is 0 Å². The molecule has 0 saturated carbocycles. The minimum Gasteiger partial charge on any atom is -0.490 e. The highest BCUT2D eigenvalue weighted by molar-refractivity contribution is 5.99. The first-order valence-corrected chi connectivity index (χ1v) is 9.34. The summed E-state index contributed by atoms with van der Waals surface area (Å²) < 4.78 is 30.7. The van der Waals surface area contributed by atoms with Crippen LogP contribution >= 0.6 is 0 Å². The third-order valence-electron chi connectivity index (χ3n) is 4.54. The number of aryl methyl sites for hydroxylation is 1. The van der Waals surface area contributed by atoms with Gasteiger partial charge < -0.3 is 19.2 Å². The summed E-state index contributed by atoms with van der Waals surface area (Å²) in [6, 6.07) is 9.89. The second-order valence-corrected chi connectivity index (χ2v) is 6.44. The van der Waals surface area contributed by atoms with E-state index in [0.29, 0.717) is 35.7 Å².